The molecule has 0 aliphatic rings. The van der Waals surface area contributed by atoms with Crippen molar-refractivity contribution in [3.8, 4) is 0 Å². The quantitative estimate of drug-likeness (QED) is 0.603. The van der Waals surface area contributed by atoms with Crippen molar-refractivity contribution in [2.75, 3.05) is 5.88 Å². The molecule has 0 atom stereocenters. The van der Waals surface area contributed by atoms with Crippen molar-refractivity contribution in [2.24, 2.45) is 0 Å². The van der Waals surface area contributed by atoms with Crippen LogP contribution in [0.5, 0.6) is 0 Å². The summed E-state index contributed by atoms with van der Waals surface area (Å²) in [5.74, 6) is 0.489. The van der Waals surface area contributed by atoms with E-state index >= 15 is 0 Å². The number of ketones is 1. The SMILES string of the molecule is CCc1cc(Br)cc(C(=O)CCCl)c1. The van der Waals surface area contributed by atoms with E-state index < -0.39 is 0 Å². The van der Waals surface area contributed by atoms with Crippen molar-refractivity contribution in [3.05, 3.63) is 33.8 Å². The van der Waals surface area contributed by atoms with Crippen LogP contribution in [0.2, 0.25) is 0 Å². The first-order chi connectivity index (χ1) is 6.67. The third-order valence-electron chi connectivity index (χ3n) is 2.01. The molecule has 0 aliphatic carbocycles. The fraction of sp³-hybridized carbons (Fsp3) is 0.364. The van der Waals surface area contributed by atoms with E-state index in [1.807, 2.05) is 18.2 Å². The maximum Gasteiger partial charge on any atom is 0.164 e. The molecule has 0 amide bonds. The molecule has 0 heterocycles. The fourth-order valence-corrected chi connectivity index (χ4v) is 1.96. The molecular weight excluding hydrogens is 263 g/mol. The number of hydrogen-bond acceptors (Lipinski definition) is 1. The maximum absolute atomic E-state index is 11.6. The lowest BCUT2D eigenvalue weighted by molar-refractivity contribution is 0.0989. The van der Waals surface area contributed by atoms with E-state index in [-0.39, 0.29) is 5.78 Å². The Labute approximate surface area is 97.6 Å². The van der Waals surface area contributed by atoms with Crippen LogP contribution < -0.4 is 0 Å². The molecule has 1 aromatic carbocycles. The topological polar surface area (TPSA) is 17.1 Å². The molecule has 0 saturated heterocycles. The van der Waals surface area contributed by atoms with E-state index in [9.17, 15) is 4.79 Å². The van der Waals surface area contributed by atoms with Gasteiger partial charge in [0.1, 0.15) is 0 Å². The van der Waals surface area contributed by atoms with Gasteiger partial charge in [-0.15, -0.1) is 11.6 Å². The number of aryl methyl sites for hydroxylation is 1. The maximum atomic E-state index is 11.6. The first-order valence-corrected chi connectivity index (χ1v) is 5.88. The lowest BCUT2D eigenvalue weighted by atomic mass is 10.0. The monoisotopic (exact) mass is 274 g/mol. The molecule has 0 saturated carbocycles. The van der Waals surface area contributed by atoms with Gasteiger partial charge in [-0.25, -0.2) is 0 Å². The molecule has 3 heteroatoms. The van der Waals surface area contributed by atoms with Crippen LogP contribution in [0.4, 0.5) is 0 Å². The zero-order chi connectivity index (χ0) is 10.6. The average Bonchev–Trinajstić information content (AvgIpc) is 2.17. The zero-order valence-corrected chi connectivity index (χ0v) is 10.4. The van der Waals surface area contributed by atoms with Crippen LogP contribution in [0.3, 0.4) is 0 Å². The van der Waals surface area contributed by atoms with Crippen LogP contribution in [0.25, 0.3) is 0 Å². The van der Waals surface area contributed by atoms with Crippen molar-refractivity contribution in [3.63, 3.8) is 0 Å². The van der Waals surface area contributed by atoms with Gasteiger partial charge in [0.15, 0.2) is 5.78 Å². The van der Waals surface area contributed by atoms with E-state index in [4.69, 9.17) is 11.6 Å². The fourth-order valence-electron chi connectivity index (χ4n) is 1.25. The Kier molecular flexibility index (Phi) is 4.63. The standard InChI is InChI=1S/C11H12BrClO/c1-2-8-5-9(7-10(12)6-8)11(14)3-4-13/h5-7H,2-4H2,1H3. The molecule has 0 aliphatic heterocycles. The summed E-state index contributed by atoms with van der Waals surface area (Å²) in [5, 5.41) is 0. The van der Waals surface area contributed by atoms with Crippen LogP contribution in [0.15, 0.2) is 22.7 Å². The second-order valence-corrected chi connectivity index (χ2v) is 4.36. The summed E-state index contributed by atoms with van der Waals surface area (Å²) in [6, 6.07) is 5.80. The molecule has 0 spiro atoms. The minimum atomic E-state index is 0.107. The Morgan fingerprint density at radius 2 is 2.14 bits per heavy atom. The number of carbonyl (C=O) groups is 1. The van der Waals surface area contributed by atoms with Gasteiger partial charge >= 0.3 is 0 Å². The number of halogens is 2. The number of carbonyl (C=O) groups excluding carboxylic acids is 1. The highest BCUT2D eigenvalue weighted by atomic mass is 79.9. The van der Waals surface area contributed by atoms with E-state index in [0.29, 0.717) is 12.3 Å². The molecule has 1 nitrogen and oxygen atoms in total. The number of hydrogen-bond donors (Lipinski definition) is 0. The average molecular weight is 276 g/mol. The highest BCUT2D eigenvalue weighted by Crippen LogP contribution is 2.17. The Balaban J connectivity index is 2.96. The van der Waals surface area contributed by atoms with Gasteiger partial charge in [-0.05, 0) is 30.2 Å². The van der Waals surface area contributed by atoms with E-state index in [1.54, 1.807) is 0 Å². The highest BCUT2D eigenvalue weighted by molar-refractivity contribution is 9.10. The summed E-state index contributed by atoms with van der Waals surface area (Å²) in [6.45, 7) is 2.07. The van der Waals surface area contributed by atoms with Crippen molar-refractivity contribution < 1.29 is 4.79 Å². The second-order valence-electron chi connectivity index (χ2n) is 3.06. The first kappa shape index (κ1) is 11.7. The number of alkyl halides is 1. The molecule has 1 aromatic rings. The smallest absolute Gasteiger partial charge is 0.164 e. The molecule has 14 heavy (non-hydrogen) atoms. The molecule has 76 valence electrons. The molecule has 0 radical (unpaired) electrons. The van der Waals surface area contributed by atoms with Gasteiger partial charge in [0.05, 0.1) is 0 Å². The summed E-state index contributed by atoms with van der Waals surface area (Å²) >= 11 is 8.92. The van der Waals surface area contributed by atoms with E-state index in [0.717, 1.165) is 22.0 Å². The van der Waals surface area contributed by atoms with Crippen molar-refractivity contribution in [1.29, 1.82) is 0 Å². The number of rotatable bonds is 4. The van der Waals surface area contributed by atoms with Crippen molar-refractivity contribution >= 4 is 33.3 Å². The van der Waals surface area contributed by atoms with Gasteiger partial charge in [-0.1, -0.05) is 22.9 Å². The van der Waals surface area contributed by atoms with E-state index in [2.05, 4.69) is 22.9 Å². The van der Waals surface area contributed by atoms with Gasteiger partial charge < -0.3 is 0 Å². The summed E-state index contributed by atoms with van der Waals surface area (Å²) in [6.07, 6.45) is 1.34. The van der Waals surface area contributed by atoms with Gasteiger partial charge in [-0.3, -0.25) is 4.79 Å². The largest absolute Gasteiger partial charge is 0.294 e. The lowest BCUT2D eigenvalue weighted by Crippen LogP contribution is -2.00. The van der Waals surface area contributed by atoms with Crippen LogP contribution >= 0.6 is 27.5 Å². The minimum absolute atomic E-state index is 0.107. The Morgan fingerprint density at radius 1 is 1.43 bits per heavy atom. The predicted molar refractivity (Wildman–Crippen MR) is 63.2 cm³/mol. The summed E-state index contributed by atoms with van der Waals surface area (Å²) in [5.41, 5.74) is 1.91. The number of Topliss-reactive ketones (excluding diaryl/α,β-unsaturated/α-hetero) is 1. The van der Waals surface area contributed by atoms with Crippen molar-refractivity contribution in [2.45, 2.75) is 19.8 Å². The molecule has 0 aromatic heterocycles. The minimum Gasteiger partial charge on any atom is -0.294 e. The van der Waals surface area contributed by atoms with Crippen LogP contribution in [0, 0.1) is 0 Å². The Morgan fingerprint density at radius 3 is 2.71 bits per heavy atom. The van der Waals surface area contributed by atoms with Gasteiger partial charge in [0, 0.05) is 22.3 Å². The van der Waals surface area contributed by atoms with Crippen LogP contribution in [-0.2, 0) is 6.42 Å². The summed E-state index contributed by atoms with van der Waals surface area (Å²) < 4.78 is 0.953. The Hall–Kier alpha value is -0.340. The van der Waals surface area contributed by atoms with Gasteiger partial charge in [0.2, 0.25) is 0 Å². The third-order valence-corrected chi connectivity index (χ3v) is 2.66. The predicted octanol–water partition coefficient (Wildman–Crippen LogP) is 3.82. The highest BCUT2D eigenvalue weighted by Gasteiger charge is 2.06. The van der Waals surface area contributed by atoms with Gasteiger partial charge in [-0.2, -0.15) is 0 Å². The van der Waals surface area contributed by atoms with Crippen molar-refractivity contribution in [1.82, 2.24) is 0 Å². The summed E-state index contributed by atoms with van der Waals surface area (Å²) in [7, 11) is 0. The third kappa shape index (κ3) is 3.10. The second kappa shape index (κ2) is 5.52. The molecule has 0 N–H and O–H groups in total. The molecule has 1 rings (SSSR count). The number of benzene rings is 1. The van der Waals surface area contributed by atoms with Gasteiger partial charge in [0.25, 0.3) is 0 Å². The molecule has 0 fully saturated rings. The lowest BCUT2D eigenvalue weighted by Gasteiger charge is -2.03. The molecular formula is C11H12BrClO. The summed E-state index contributed by atoms with van der Waals surface area (Å²) in [4.78, 5) is 11.6. The zero-order valence-electron chi connectivity index (χ0n) is 8.02. The Bertz CT molecular complexity index is 336. The van der Waals surface area contributed by atoms with E-state index in [1.165, 1.54) is 0 Å². The first-order valence-electron chi connectivity index (χ1n) is 4.56. The van der Waals surface area contributed by atoms with Crippen LogP contribution in [-0.4, -0.2) is 11.7 Å². The molecule has 0 bridgehead atoms. The normalized spacial score (nSPS) is 10.2. The molecule has 0 unspecified atom stereocenters. The van der Waals surface area contributed by atoms with Crippen LogP contribution in [0.1, 0.15) is 29.3 Å².